The Hall–Kier alpha value is -3.10. The highest BCUT2D eigenvalue weighted by Crippen LogP contribution is 2.10. The Morgan fingerprint density at radius 3 is 2.74 bits per heavy atom. The molecule has 0 spiro atoms. The normalized spacial score (nSPS) is 10.5. The molecule has 0 bridgehead atoms. The quantitative estimate of drug-likeness (QED) is 0.469. The number of nitrogens with one attached hydrogen (secondary N) is 2. The number of carbonyl (C=O) groups is 1. The average molecular weight is 260 g/mol. The minimum Gasteiger partial charge on any atom is -0.265 e. The Bertz CT molecular complexity index is 605. The number of hydrazone groups is 1. The van der Waals surface area contributed by atoms with Gasteiger partial charge in [-0.25, -0.2) is 5.43 Å². The molecule has 19 heavy (non-hydrogen) atoms. The number of rotatable bonds is 4. The molecule has 2 rings (SSSR count). The van der Waals surface area contributed by atoms with Gasteiger partial charge in [-0.15, -0.1) is 5.10 Å². The summed E-state index contributed by atoms with van der Waals surface area (Å²) in [5.74, 6) is -0.507. The van der Waals surface area contributed by atoms with Gasteiger partial charge in [0.15, 0.2) is 5.69 Å². The summed E-state index contributed by atoms with van der Waals surface area (Å²) in [6.07, 6.45) is 2.69. The van der Waals surface area contributed by atoms with E-state index in [9.17, 15) is 14.9 Å². The maximum absolute atomic E-state index is 11.4. The minimum atomic E-state index is -0.507. The number of hydrogen-bond donors (Lipinski definition) is 2. The molecule has 2 N–H and O–H groups in total. The molecule has 0 aliphatic heterocycles. The minimum absolute atomic E-state index is 0.0104. The van der Waals surface area contributed by atoms with Crippen LogP contribution in [0, 0.1) is 10.1 Å². The third-order valence-electron chi connectivity index (χ3n) is 2.13. The highest BCUT2D eigenvalue weighted by atomic mass is 16.6. The summed E-state index contributed by atoms with van der Waals surface area (Å²) in [5, 5.41) is 23.4. The van der Waals surface area contributed by atoms with Gasteiger partial charge in [-0.2, -0.15) is 5.10 Å². The molecule has 0 saturated heterocycles. The topological polar surface area (TPSA) is 126 Å². The molecule has 0 aliphatic rings. The van der Waals surface area contributed by atoms with Crippen LogP contribution in [0.15, 0.2) is 35.6 Å². The number of aromatic nitrogens is 3. The zero-order valence-electron chi connectivity index (χ0n) is 9.48. The zero-order chi connectivity index (χ0) is 13.7. The smallest absolute Gasteiger partial charge is 0.265 e. The SMILES string of the molecule is O=C(NN=Cc1ccc([N+](=O)[O-])cc1)c1c[nH]nn1. The molecule has 1 amide bonds. The van der Waals surface area contributed by atoms with E-state index in [2.05, 4.69) is 25.9 Å². The van der Waals surface area contributed by atoms with Crippen molar-refractivity contribution in [1.29, 1.82) is 0 Å². The van der Waals surface area contributed by atoms with E-state index in [4.69, 9.17) is 0 Å². The molecule has 0 fully saturated rings. The summed E-state index contributed by atoms with van der Waals surface area (Å²) in [6, 6.07) is 5.73. The van der Waals surface area contributed by atoms with Crippen molar-refractivity contribution in [2.45, 2.75) is 0 Å². The van der Waals surface area contributed by atoms with Gasteiger partial charge in [0.25, 0.3) is 11.6 Å². The van der Waals surface area contributed by atoms with Gasteiger partial charge in [-0.1, -0.05) is 5.21 Å². The molecular weight excluding hydrogens is 252 g/mol. The van der Waals surface area contributed by atoms with Crippen molar-refractivity contribution in [3.8, 4) is 0 Å². The van der Waals surface area contributed by atoms with Crippen molar-refractivity contribution >= 4 is 17.8 Å². The van der Waals surface area contributed by atoms with Crippen molar-refractivity contribution in [3.63, 3.8) is 0 Å². The zero-order valence-corrected chi connectivity index (χ0v) is 9.48. The van der Waals surface area contributed by atoms with Crippen LogP contribution in [0.2, 0.25) is 0 Å². The lowest BCUT2D eigenvalue weighted by atomic mass is 10.2. The van der Waals surface area contributed by atoms with Gasteiger partial charge in [0, 0.05) is 12.1 Å². The number of hydrogen-bond acceptors (Lipinski definition) is 6. The molecular formula is C10H8N6O3. The predicted molar refractivity (Wildman–Crippen MR) is 64.5 cm³/mol. The van der Waals surface area contributed by atoms with E-state index < -0.39 is 10.8 Å². The fraction of sp³-hybridized carbons (Fsp3) is 0. The molecule has 0 unspecified atom stereocenters. The van der Waals surface area contributed by atoms with Crippen LogP contribution in [0.4, 0.5) is 5.69 Å². The standard InChI is InChI=1S/C10H8N6O3/c17-10(9-6-12-15-13-9)14-11-5-7-1-3-8(4-2-7)16(18)19/h1-6H,(H,14,17)(H,12,13,15). The summed E-state index contributed by atoms with van der Waals surface area (Å²) in [7, 11) is 0. The van der Waals surface area contributed by atoms with Crippen molar-refractivity contribution < 1.29 is 9.72 Å². The Kier molecular flexibility index (Phi) is 3.57. The number of nitro benzene ring substituents is 1. The van der Waals surface area contributed by atoms with Crippen molar-refractivity contribution in [3.05, 3.63) is 51.8 Å². The monoisotopic (exact) mass is 260 g/mol. The van der Waals surface area contributed by atoms with Crippen molar-refractivity contribution in [2.75, 3.05) is 0 Å². The second-order valence-electron chi connectivity index (χ2n) is 3.41. The van der Waals surface area contributed by atoms with E-state index in [1.165, 1.54) is 36.7 Å². The molecule has 2 aromatic rings. The second-order valence-corrected chi connectivity index (χ2v) is 3.41. The van der Waals surface area contributed by atoms with E-state index in [0.29, 0.717) is 5.56 Å². The van der Waals surface area contributed by atoms with E-state index in [1.54, 1.807) is 0 Å². The van der Waals surface area contributed by atoms with E-state index in [1.807, 2.05) is 0 Å². The number of nitrogens with zero attached hydrogens (tertiary/aromatic N) is 4. The number of carbonyl (C=O) groups excluding carboxylic acids is 1. The van der Waals surface area contributed by atoms with Crippen LogP contribution in [0.3, 0.4) is 0 Å². The Morgan fingerprint density at radius 1 is 1.42 bits per heavy atom. The summed E-state index contributed by atoms with van der Waals surface area (Å²) in [6.45, 7) is 0. The van der Waals surface area contributed by atoms with E-state index in [0.717, 1.165) is 0 Å². The maximum Gasteiger partial charge on any atom is 0.293 e. The molecule has 96 valence electrons. The van der Waals surface area contributed by atoms with E-state index >= 15 is 0 Å². The number of non-ortho nitro benzene ring substituents is 1. The van der Waals surface area contributed by atoms with Crippen LogP contribution < -0.4 is 5.43 Å². The summed E-state index contributed by atoms with van der Waals surface area (Å²) in [5.41, 5.74) is 2.96. The summed E-state index contributed by atoms with van der Waals surface area (Å²) < 4.78 is 0. The second kappa shape index (κ2) is 5.49. The first-order chi connectivity index (χ1) is 9.16. The number of H-pyrrole nitrogens is 1. The van der Waals surface area contributed by atoms with Gasteiger partial charge in [0.05, 0.1) is 17.3 Å². The van der Waals surface area contributed by atoms with Crippen LogP contribution in [0.5, 0.6) is 0 Å². The van der Waals surface area contributed by atoms with Crippen LogP contribution in [0.25, 0.3) is 0 Å². The first-order valence-corrected chi connectivity index (χ1v) is 5.11. The van der Waals surface area contributed by atoms with Gasteiger partial charge in [-0.3, -0.25) is 20.0 Å². The highest BCUT2D eigenvalue weighted by molar-refractivity contribution is 5.92. The predicted octanol–water partition coefficient (Wildman–Crippen LogP) is 0.477. The van der Waals surface area contributed by atoms with Gasteiger partial charge in [-0.05, 0) is 17.7 Å². The Morgan fingerprint density at radius 2 is 2.16 bits per heavy atom. The molecule has 9 heteroatoms. The third kappa shape index (κ3) is 3.19. The third-order valence-corrected chi connectivity index (χ3v) is 2.13. The van der Waals surface area contributed by atoms with Crippen LogP contribution >= 0.6 is 0 Å². The lowest BCUT2D eigenvalue weighted by molar-refractivity contribution is -0.384. The van der Waals surface area contributed by atoms with Crippen LogP contribution in [-0.4, -0.2) is 32.5 Å². The maximum atomic E-state index is 11.4. The number of aromatic amines is 1. The van der Waals surface area contributed by atoms with Crippen molar-refractivity contribution in [2.24, 2.45) is 5.10 Å². The molecule has 0 radical (unpaired) electrons. The van der Waals surface area contributed by atoms with Crippen LogP contribution in [0.1, 0.15) is 16.1 Å². The lowest BCUT2D eigenvalue weighted by Gasteiger charge is -1.95. The number of benzene rings is 1. The molecule has 0 atom stereocenters. The number of nitro groups is 1. The van der Waals surface area contributed by atoms with Crippen LogP contribution in [-0.2, 0) is 0 Å². The molecule has 9 nitrogen and oxygen atoms in total. The van der Waals surface area contributed by atoms with E-state index in [-0.39, 0.29) is 11.4 Å². The fourth-order valence-electron chi connectivity index (χ4n) is 1.22. The van der Waals surface area contributed by atoms with Gasteiger partial charge in [0.1, 0.15) is 0 Å². The average Bonchev–Trinajstić information content (AvgIpc) is 2.93. The Labute approximate surface area is 106 Å². The highest BCUT2D eigenvalue weighted by Gasteiger charge is 2.06. The molecule has 0 saturated carbocycles. The first-order valence-electron chi connectivity index (χ1n) is 5.11. The van der Waals surface area contributed by atoms with Gasteiger partial charge in [0.2, 0.25) is 0 Å². The lowest BCUT2D eigenvalue weighted by Crippen LogP contribution is -2.17. The molecule has 1 aromatic heterocycles. The summed E-state index contributed by atoms with van der Waals surface area (Å²) in [4.78, 5) is 21.4. The summed E-state index contributed by atoms with van der Waals surface area (Å²) >= 11 is 0. The van der Waals surface area contributed by atoms with Gasteiger partial charge < -0.3 is 0 Å². The van der Waals surface area contributed by atoms with Crippen molar-refractivity contribution in [1.82, 2.24) is 20.8 Å². The molecule has 1 heterocycles. The molecule has 0 aliphatic carbocycles. The van der Waals surface area contributed by atoms with Gasteiger partial charge >= 0.3 is 0 Å². The largest absolute Gasteiger partial charge is 0.293 e. The fourth-order valence-corrected chi connectivity index (χ4v) is 1.22. The molecule has 1 aromatic carbocycles. The Balaban J connectivity index is 1.95. The first kappa shape index (κ1) is 12.4. The number of amides is 1.